The second-order valence-electron chi connectivity index (χ2n) is 4.97. The first-order valence-electron chi connectivity index (χ1n) is 7.24. The van der Waals surface area contributed by atoms with E-state index < -0.39 is 0 Å². The van der Waals surface area contributed by atoms with Crippen LogP contribution >= 0.6 is 11.3 Å². The summed E-state index contributed by atoms with van der Waals surface area (Å²) in [5, 5.41) is 17.2. The largest absolute Gasteiger partial charge is 0.356 e. The third kappa shape index (κ3) is 3.41. The van der Waals surface area contributed by atoms with Crippen LogP contribution in [-0.4, -0.2) is 34.3 Å². The molecule has 0 saturated carbocycles. The SMILES string of the molecule is CN=C(NCCc1cccs1)NCc1nnc2n1CCC2. The van der Waals surface area contributed by atoms with Crippen molar-refractivity contribution in [3.8, 4) is 0 Å². The molecule has 3 rings (SSSR count). The summed E-state index contributed by atoms with van der Waals surface area (Å²) in [6.45, 7) is 2.56. The van der Waals surface area contributed by atoms with E-state index in [-0.39, 0.29) is 0 Å². The first-order valence-corrected chi connectivity index (χ1v) is 8.12. The molecule has 0 amide bonds. The molecule has 3 heterocycles. The van der Waals surface area contributed by atoms with E-state index in [1.165, 1.54) is 11.3 Å². The smallest absolute Gasteiger partial charge is 0.191 e. The molecule has 112 valence electrons. The lowest BCUT2D eigenvalue weighted by atomic mass is 10.3. The summed E-state index contributed by atoms with van der Waals surface area (Å²) in [5.74, 6) is 2.90. The highest BCUT2D eigenvalue weighted by atomic mass is 32.1. The molecule has 2 aromatic heterocycles. The van der Waals surface area contributed by atoms with E-state index in [9.17, 15) is 0 Å². The van der Waals surface area contributed by atoms with Crippen molar-refractivity contribution in [1.82, 2.24) is 25.4 Å². The Bertz CT molecular complexity index is 601. The van der Waals surface area contributed by atoms with Gasteiger partial charge >= 0.3 is 0 Å². The maximum absolute atomic E-state index is 4.24. The van der Waals surface area contributed by atoms with Crippen LogP contribution in [0.4, 0.5) is 0 Å². The molecule has 2 N–H and O–H groups in total. The zero-order valence-corrected chi connectivity index (χ0v) is 13.0. The number of rotatable bonds is 5. The molecule has 0 bridgehead atoms. The van der Waals surface area contributed by atoms with Crippen molar-refractivity contribution in [2.75, 3.05) is 13.6 Å². The lowest BCUT2D eigenvalue weighted by molar-refractivity contribution is 0.663. The van der Waals surface area contributed by atoms with Crippen LogP contribution in [0.2, 0.25) is 0 Å². The number of hydrogen-bond donors (Lipinski definition) is 2. The van der Waals surface area contributed by atoms with Gasteiger partial charge in [0.25, 0.3) is 0 Å². The Morgan fingerprint density at radius 1 is 1.43 bits per heavy atom. The molecular formula is C14H20N6S. The molecule has 7 heteroatoms. The number of thiophene rings is 1. The van der Waals surface area contributed by atoms with Crippen LogP contribution in [0.15, 0.2) is 22.5 Å². The fourth-order valence-corrected chi connectivity index (χ4v) is 3.19. The lowest BCUT2D eigenvalue weighted by Crippen LogP contribution is -2.38. The van der Waals surface area contributed by atoms with Crippen molar-refractivity contribution in [3.05, 3.63) is 34.0 Å². The van der Waals surface area contributed by atoms with Gasteiger partial charge in [-0.25, -0.2) is 0 Å². The Morgan fingerprint density at radius 2 is 2.38 bits per heavy atom. The minimum absolute atomic E-state index is 0.658. The van der Waals surface area contributed by atoms with Gasteiger partial charge in [0.05, 0.1) is 6.54 Å². The van der Waals surface area contributed by atoms with E-state index in [0.717, 1.165) is 43.5 Å². The standard InChI is InChI=1S/C14H20N6S/c1-15-14(16-7-6-11-4-3-9-21-11)17-10-13-19-18-12-5-2-8-20(12)13/h3-4,9H,2,5-8,10H2,1H3,(H2,15,16,17). The maximum atomic E-state index is 4.24. The zero-order chi connectivity index (χ0) is 14.5. The zero-order valence-electron chi connectivity index (χ0n) is 12.2. The molecule has 21 heavy (non-hydrogen) atoms. The third-order valence-corrected chi connectivity index (χ3v) is 4.50. The summed E-state index contributed by atoms with van der Waals surface area (Å²) in [6.07, 6.45) is 3.23. The van der Waals surface area contributed by atoms with E-state index in [1.54, 1.807) is 18.4 Å². The lowest BCUT2D eigenvalue weighted by Gasteiger charge is -2.11. The Kier molecular flexibility index (Phi) is 4.49. The van der Waals surface area contributed by atoms with Gasteiger partial charge in [-0.3, -0.25) is 4.99 Å². The predicted molar refractivity (Wildman–Crippen MR) is 84.6 cm³/mol. The summed E-state index contributed by atoms with van der Waals surface area (Å²) >= 11 is 1.79. The number of hydrogen-bond acceptors (Lipinski definition) is 4. The average molecular weight is 304 g/mol. The Labute approximate surface area is 128 Å². The highest BCUT2D eigenvalue weighted by molar-refractivity contribution is 7.09. The minimum atomic E-state index is 0.658. The third-order valence-electron chi connectivity index (χ3n) is 3.57. The van der Waals surface area contributed by atoms with E-state index >= 15 is 0 Å². The van der Waals surface area contributed by atoms with E-state index in [2.05, 4.69) is 47.9 Å². The van der Waals surface area contributed by atoms with Crippen molar-refractivity contribution in [2.24, 2.45) is 4.99 Å². The van der Waals surface area contributed by atoms with Gasteiger partial charge in [-0.15, -0.1) is 21.5 Å². The molecule has 2 aromatic rings. The summed E-state index contributed by atoms with van der Waals surface area (Å²) < 4.78 is 2.20. The van der Waals surface area contributed by atoms with Crippen LogP contribution in [0, 0.1) is 0 Å². The topological polar surface area (TPSA) is 67.1 Å². The quantitative estimate of drug-likeness (QED) is 0.643. The number of guanidine groups is 1. The van der Waals surface area contributed by atoms with Gasteiger partial charge in [-0.1, -0.05) is 6.07 Å². The van der Waals surface area contributed by atoms with Crippen molar-refractivity contribution in [1.29, 1.82) is 0 Å². The number of aromatic nitrogens is 3. The monoisotopic (exact) mass is 304 g/mol. The molecule has 0 unspecified atom stereocenters. The molecule has 1 aliphatic heterocycles. The summed E-state index contributed by atoms with van der Waals surface area (Å²) in [6, 6.07) is 4.24. The average Bonchev–Trinajstić information content (AvgIpc) is 3.20. The van der Waals surface area contributed by atoms with Crippen molar-refractivity contribution < 1.29 is 0 Å². The molecule has 1 aliphatic rings. The molecule has 0 aromatic carbocycles. The fraction of sp³-hybridized carbons (Fsp3) is 0.500. The molecule has 0 aliphatic carbocycles. The number of nitrogens with one attached hydrogen (secondary N) is 2. The van der Waals surface area contributed by atoms with Gasteiger partial charge in [0, 0.05) is 31.4 Å². The Morgan fingerprint density at radius 3 is 3.19 bits per heavy atom. The van der Waals surface area contributed by atoms with Gasteiger partial charge in [-0.2, -0.15) is 0 Å². The van der Waals surface area contributed by atoms with Crippen LogP contribution in [0.1, 0.15) is 22.9 Å². The van der Waals surface area contributed by atoms with Crippen molar-refractivity contribution >= 4 is 17.3 Å². The first-order chi connectivity index (χ1) is 10.4. The molecule has 0 fully saturated rings. The minimum Gasteiger partial charge on any atom is -0.356 e. The van der Waals surface area contributed by atoms with Crippen LogP contribution in [0.5, 0.6) is 0 Å². The fourth-order valence-electron chi connectivity index (χ4n) is 2.48. The van der Waals surface area contributed by atoms with E-state index in [4.69, 9.17) is 0 Å². The summed E-state index contributed by atoms with van der Waals surface area (Å²) in [7, 11) is 1.79. The predicted octanol–water partition coefficient (Wildman–Crippen LogP) is 1.19. The molecule has 0 atom stereocenters. The van der Waals surface area contributed by atoms with Gasteiger partial charge in [-0.05, 0) is 24.3 Å². The Balaban J connectivity index is 1.46. The highest BCUT2D eigenvalue weighted by Crippen LogP contribution is 2.13. The summed E-state index contributed by atoms with van der Waals surface area (Å²) in [4.78, 5) is 5.62. The molecular weight excluding hydrogens is 284 g/mol. The van der Waals surface area contributed by atoms with Crippen LogP contribution in [0.25, 0.3) is 0 Å². The number of aliphatic imine (C=N–C) groups is 1. The van der Waals surface area contributed by atoms with E-state index in [1.807, 2.05) is 0 Å². The van der Waals surface area contributed by atoms with Crippen LogP contribution in [0.3, 0.4) is 0 Å². The highest BCUT2D eigenvalue weighted by Gasteiger charge is 2.16. The van der Waals surface area contributed by atoms with Crippen molar-refractivity contribution in [3.63, 3.8) is 0 Å². The van der Waals surface area contributed by atoms with Gasteiger partial charge in [0.2, 0.25) is 0 Å². The van der Waals surface area contributed by atoms with Crippen molar-refractivity contribution in [2.45, 2.75) is 32.4 Å². The van der Waals surface area contributed by atoms with Gasteiger partial charge in [0.15, 0.2) is 11.8 Å². The molecule has 6 nitrogen and oxygen atoms in total. The first kappa shape index (κ1) is 14.1. The van der Waals surface area contributed by atoms with Crippen LogP contribution in [-0.2, 0) is 25.9 Å². The maximum Gasteiger partial charge on any atom is 0.191 e. The van der Waals surface area contributed by atoms with Gasteiger partial charge < -0.3 is 15.2 Å². The van der Waals surface area contributed by atoms with Gasteiger partial charge in [0.1, 0.15) is 5.82 Å². The molecule has 0 radical (unpaired) electrons. The summed E-state index contributed by atoms with van der Waals surface area (Å²) in [5.41, 5.74) is 0. The molecule has 0 saturated heterocycles. The second kappa shape index (κ2) is 6.71. The number of fused-ring (bicyclic) bond motifs is 1. The van der Waals surface area contributed by atoms with E-state index in [0.29, 0.717) is 6.54 Å². The molecule has 0 spiro atoms. The second-order valence-corrected chi connectivity index (χ2v) is 6.00. The number of nitrogens with zero attached hydrogens (tertiary/aromatic N) is 4. The normalized spacial score (nSPS) is 14.2. The number of aryl methyl sites for hydroxylation is 1. The van der Waals surface area contributed by atoms with Crippen LogP contribution < -0.4 is 10.6 Å². The Hall–Kier alpha value is -1.89.